The molecule has 1 aromatic heterocycles. The molecular formula is C12H6F4N6O2. The lowest BCUT2D eigenvalue weighted by atomic mass is 10.1. The van der Waals surface area contributed by atoms with Crippen molar-refractivity contribution < 1.29 is 27.0 Å². The zero-order chi connectivity index (χ0) is 17.4. The quantitative estimate of drug-likeness (QED) is 0.650. The highest BCUT2D eigenvalue weighted by molar-refractivity contribution is 5.74. The predicted octanol–water partition coefficient (Wildman–Crippen LogP) is 2.18. The van der Waals surface area contributed by atoms with E-state index < -0.39 is 23.7 Å². The Morgan fingerprint density at radius 3 is 2.79 bits per heavy atom. The van der Waals surface area contributed by atoms with E-state index in [0.29, 0.717) is 0 Å². The van der Waals surface area contributed by atoms with E-state index in [1.807, 2.05) is 0 Å². The van der Waals surface area contributed by atoms with E-state index in [4.69, 9.17) is 5.26 Å². The van der Waals surface area contributed by atoms with E-state index >= 15 is 0 Å². The molecule has 0 saturated heterocycles. The molecule has 0 atom stereocenters. The van der Waals surface area contributed by atoms with Crippen molar-refractivity contribution in [1.82, 2.24) is 20.6 Å². The SMILES string of the molecule is N#CC(=CNc1ccc2c(c1)C(F)(F)OC(F)(F)O2)c1nn[nH]n1. The summed E-state index contributed by atoms with van der Waals surface area (Å²) in [5.74, 6) is -0.732. The summed E-state index contributed by atoms with van der Waals surface area (Å²) in [6.45, 7) is 0. The number of nitrogens with zero attached hydrogens (tertiary/aromatic N) is 4. The average Bonchev–Trinajstić information content (AvgIpc) is 3.01. The molecule has 1 aromatic carbocycles. The van der Waals surface area contributed by atoms with E-state index in [-0.39, 0.29) is 17.1 Å². The topological polar surface area (TPSA) is 109 Å². The van der Waals surface area contributed by atoms with Gasteiger partial charge in [0.25, 0.3) is 0 Å². The lowest BCUT2D eigenvalue weighted by Gasteiger charge is -2.30. The third-order valence-corrected chi connectivity index (χ3v) is 2.86. The van der Waals surface area contributed by atoms with Gasteiger partial charge in [-0.1, -0.05) is 0 Å². The number of rotatable bonds is 3. The van der Waals surface area contributed by atoms with Crippen LogP contribution in [0.4, 0.5) is 23.2 Å². The molecule has 1 aliphatic rings. The average molecular weight is 342 g/mol. The predicted molar refractivity (Wildman–Crippen MR) is 68.4 cm³/mol. The number of nitrogens with one attached hydrogen (secondary N) is 2. The van der Waals surface area contributed by atoms with Crippen LogP contribution >= 0.6 is 0 Å². The van der Waals surface area contributed by atoms with Crippen molar-refractivity contribution >= 4 is 11.3 Å². The van der Waals surface area contributed by atoms with Crippen LogP contribution in [0.2, 0.25) is 0 Å². The number of fused-ring (bicyclic) bond motifs is 1. The molecule has 0 radical (unpaired) electrons. The number of hydrogen-bond donors (Lipinski definition) is 2. The zero-order valence-electron chi connectivity index (χ0n) is 11.4. The number of anilines is 1. The first kappa shape index (κ1) is 15.7. The maximum atomic E-state index is 13.7. The minimum absolute atomic E-state index is 0.0143. The van der Waals surface area contributed by atoms with Gasteiger partial charge in [-0.2, -0.15) is 19.3 Å². The molecule has 3 rings (SSSR count). The highest BCUT2D eigenvalue weighted by Gasteiger charge is 2.54. The van der Waals surface area contributed by atoms with E-state index in [1.54, 1.807) is 6.07 Å². The Labute approximate surface area is 130 Å². The maximum absolute atomic E-state index is 13.7. The van der Waals surface area contributed by atoms with Gasteiger partial charge >= 0.3 is 12.4 Å². The number of aromatic amines is 1. The van der Waals surface area contributed by atoms with Crippen LogP contribution in [0.1, 0.15) is 11.4 Å². The molecule has 0 amide bonds. The molecule has 124 valence electrons. The van der Waals surface area contributed by atoms with Crippen LogP contribution in [-0.4, -0.2) is 26.9 Å². The zero-order valence-corrected chi connectivity index (χ0v) is 11.4. The monoisotopic (exact) mass is 342 g/mol. The second-order valence-electron chi connectivity index (χ2n) is 4.44. The summed E-state index contributed by atoms with van der Waals surface area (Å²) in [5.41, 5.74) is -0.848. The first-order valence-electron chi connectivity index (χ1n) is 6.21. The molecule has 0 unspecified atom stereocenters. The first-order valence-corrected chi connectivity index (χ1v) is 6.21. The summed E-state index contributed by atoms with van der Waals surface area (Å²) in [4.78, 5) is 0. The normalized spacial score (nSPS) is 18.2. The largest absolute Gasteiger partial charge is 0.540 e. The van der Waals surface area contributed by atoms with Gasteiger partial charge in [-0.3, -0.25) is 0 Å². The number of nitriles is 1. The fraction of sp³-hybridized carbons (Fsp3) is 0.167. The van der Waals surface area contributed by atoms with Gasteiger partial charge in [-0.25, -0.2) is 4.74 Å². The molecule has 1 aliphatic heterocycles. The first-order chi connectivity index (χ1) is 11.3. The second-order valence-corrected chi connectivity index (χ2v) is 4.44. The number of benzene rings is 1. The molecule has 2 N–H and O–H groups in total. The molecule has 0 fully saturated rings. The summed E-state index contributed by atoms with van der Waals surface area (Å²) >= 11 is 0. The van der Waals surface area contributed by atoms with Crippen molar-refractivity contribution in [2.45, 2.75) is 12.4 Å². The van der Waals surface area contributed by atoms with Crippen molar-refractivity contribution in [1.29, 1.82) is 5.26 Å². The number of tetrazole rings is 1. The Morgan fingerprint density at radius 2 is 2.12 bits per heavy atom. The number of ether oxygens (including phenoxy) is 2. The minimum atomic E-state index is -4.43. The molecule has 0 spiro atoms. The van der Waals surface area contributed by atoms with Gasteiger partial charge in [0.1, 0.15) is 17.4 Å². The van der Waals surface area contributed by atoms with Gasteiger partial charge in [0.05, 0.1) is 5.56 Å². The van der Waals surface area contributed by atoms with E-state index in [9.17, 15) is 17.6 Å². The molecule has 8 nitrogen and oxygen atoms in total. The van der Waals surface area contributed by atoms with Crippen LogP contribution < -0.4 is 10.1 Å². The Kier molecular flexibility index (Phi) is 3.57. The summed E-state index contributed by atoms with van der Waals surface area (Å²) in [6, 6.07) is 4.77. The summed E-state index contributed by atoms with van der Waals surface area (Å²) in [5, 5.41) is 24.1. The van der Waals surface area contributed by atoms with E-state index in [2.05, 4.69) is 35.4 Å². The Balaban J connectivity index is 1.89. The van der Waals surface area contributed by atoms with Crippen LogP contribution in [0.5, 0.6) is 5.75 Å². The molecule has 12 heteroatoms. The lowest BCUT2D eigenvalue weighted by Crippen LogP contribution is -2.41. The molecule has 0 bridgehead atoms. The number of alkyl halides is 4. The van der Waals surface area contributed by atoms with Crippen molar-refractivity contribution in [2.24, 2.45) is 0 Å². The van der Waals surface area contributed by atoms with Gasteiger partial charge in [0, 0.05) is 11.9 Å². The number of halogens is 4. The highest BCUT2D eigenvalue weighted by atomic mass is 19.3. The van der Waals surface area contributed by atoms with Crippen molar-refractivity contribution in [3.8, 4) is 11.8 Å². The molecule has 24 heavy (non-hydrogen) atoms. The van der Waals surface area contributed by atoms with Gasteiger partial charge < -0.3 is 10.1 Å². The van der Waals surface area contributed by atoms with Crippen molar-refractivity contribution in [2.75, 3.05) is 5.32 Å². The lowest BCUT2D eigenvalue weighted by molar-refractivity contribution is -0.461. The van der Waals surface area contributed by atoms with Crippen LogP contribution in [0.15, 0.2) is 24.4 Å². The third-order valence-electron chi connectivity index (χ3n) is 2.86. The fourth-order valence-electron chi connectivity index (χ4n) is 1.87. The van der Waals surface area contributed by atoms with Gasteiger partial charge in [0.15, 0.2) is 0 Å². The molecule has 2 aromatic rings. The van der Waals surface area contributed by atoms with Crippen LogP contribution in [-0.2, 0) is 10.8 Å². The molecule has 0 aliphatic carbocycles. The van der Waals surface area contributed by atoms with Crippen LogP contribution in [0.25, 0.3) is 5.57 Å². The number of aromatic nitrogens is 4. The molecular weight excluding hydrogens is 336 g/mol. The van der Waals surface area contributed by atoms with E-state index in [1.165, 1.54) is 6.07 Å². The molecule has 2 heterocycles. The summed E-state index contributed by atoms with van der Waals surface area (Å²) < 4.78 is 60.5. The van der Waals surface area contributed by atoms with Crippen molar-refractivity contribution in [3.05, 3.63) is 35.8 Å². The van der Waals surface area contributed by atoms with Crippen LogP contribution in [0.3, 0.4) is 0 Å². The standard InChI is InChI=1S/C12H6F4N6O2/c13-11(14)8-3-7(1-2-9(8)23-12(15,16)24-11)18-5-6(4-17)10-19-21-22-20-10/h1-3,5,18H,(H,19,20,21,22). The molecule has 0 saturated carbocycles. The Hall–Kier alpha value is -3.20. The maximum Gasteiger partial charge on any atom is 0.540 e. The summed E-state index contributed by atoms with van der Waals surface area (Å²) in [6.07, 6.45) is -7.54. The third kappa shape index (κ3) is 2.97. The van der Waals surface area contributed by atoms with Gasteiger partial charge in [-0.15, -0.1) is 19.0 Å². The Morgan fingerprint density at radius 1 is 1.33 bits per heavy atom. The summed E-state index contributed by atoms with van der Waals surface area (Å²) in [7, 11) is 0. The van der Waals surface area contributed by atoms with Crippen molar-refractivity contribution in [3.63, 3.8) is 0 Å². The van der Waals surface area contributed by atoms with Gasteiger partial charge in [-0.05, 0) is 23.4 Å². The van der Waals surface area contributed by atoms with Crippen LogP contribution in [0, 0.1) is 11.3 Å². The fourth-order valence-corrected chi connectivity index (χ4v) is 1.87. The smallest absolute Gasteiger partial charge is 0.409 e. The Bertz CT molecular complexity index is 831. The number of H-pyrrole nitrogens is 1. The second kappa shape index (κ2) is 5.46. The highest BCUT2D eigenvalue weighted by Crippen LogP contribution is 2.46. The number of hydrogen-bond acceptors (Lipinski definition) is 7. The van der Waals surface area contributed by atoms with E-state index in [0.717, 1.165) is 18.3 Å². The minimum Gasteiger partial charge on any atom is -0.409 e. The van der Waals surface area contributed by atoms with Gasteiger partial charge in [0.2, 0.25) is 5.82 Å². The number of allylic oxidation sites excluding steroid dienone is 1.